The maximum Gasteiger partial charge on any atom is 0.416 e. The molecule has 0 radical (unpaired) electrons. The van der Waals surface area contributed by atoms with Crippen LogP contribution in [-0.2, 0) is 27.2 Å². The van der Waals surface area contributed by atoms with E-state index in [9.17, 15) is 13.2 Å². The van der Waals surface area contributed by atoms with E-state index in [-0.39, 0.29) is 21.1 Å². The first-order valence-corrected chi connectivity index (χ1v) is 6.60. The van der Waals surface area contributed by atoms with Crippen molar-refractivity contribution in [3.05, 3.63) is 72.4 Å². The fourth-order valence-electron chi connectivity index (χ4n) is 2.08. The molecule has 0 atom stereocenters. The molecule has 2 heterocycles. The molecular formula is C17H11F3N2Pt. The van der Waals surface area contributed by atoms with Crippen molar-refractivity contribution in [3.63, 3.8) is 0 Å². The van der Waals surface area contributed by atoms with Gasteiger partial charge in [-0.3, -0.25) is 4.98 Å². The number of alkyl halides is 3. The van der Waals surface area contributed by atoms with Gasteiger partial charge in [-0.25, -0.2) is 4.98 Å². The number of halogens is 3. The van der Waals surface area contributed by atoms with Crippen LogP contribution < -0.4 is 0 Å². The van der Waals surface area contributed by atoms with Crippen molar-refractivity contribution in [2.75, 3.05) is 0 Å². The predicted molar refractivity (Wildman–Crippen MR) is 77.9 cm³/mol. The molecule has 2 aromatic heterocycles. The summed E-state index contributed by atoms with van der Waals surface area (Å²) in [5, 5.41) is 0. The Balaban J connectivity index is 0.00000192. The van der Waals surface area contributed by atoms with Crippen LogP contribution in [0, 0.1) is 0 Å². The van der Waals surface area contributed by atoms with E-state index >= 15 is 0 Å². The van der Waals surface area contributed by atoms with Crippen LogP contribution in [-0.4, -0.2) is 9.97 Å². The van der Waals surface area contributed by atoms with Crippen molar-refractivity contribution in [2.24, 2.45) is 0 Å². The second kappa shape index (κ2) is 7.05. The van der Waals surface area contributed by atoms with Crippen molar-refractivity contribution in [1.29, 1.82) is 0 Å². The van der Waals surface area contributed by atoms with E-state index in [0.717, 1.165) is 17.8 Å². The number of hydrogen-bond donors (Lipinski definition) is 0. The van der Waals surface area contributed by atoms with Gasteiger partial charge in [-0.15, -0.1) is 0 Å². The van der Waals surface area contributed by atoms with E-state index < -0.39 is 11.7 Å². The first kappa shape index (κ1) is 17.4. The maximum atomic E-state index is 12.6. The molecule has 120 valence electrons. The number of rotatable bonds is 2. The third-order valence-electron chi connectivity index (χ3n) is 3.18. The molecule has 3 aromatic rings. The Kier molecular flexibility index (Phi) is 5.32. The Morgan fingerprint density at radius 2 is 1.35 bits per heavy atom. The first-order valence-electron chi connectivity index (χ1n) is 6.60. The SMILES string of the molecule is FC(F)(F)c1ccc(-c2cccc(-c3ccccn3)n2)cc1.[Pt]. The summed E-state index contributed by atoms with van der Waals surface area (Å²) >= 11 is 0. The molecule has 0 N–H and O–H groups in total. The Hall–Kier alpha value is -2.00. The van der Waals surface area contributed by atoms with E-state index in [1.807, 2.05) is 30.3 Å². The van der Waals surface area contributed by atoms with E-state index in [0.29, 0.717) is 17.0 Å². The summed E-state index contributed by atoms with van der Waals surface area (Å²) in [6, 6.07) is 15.8. The third-order valence-corrected chi connectivity index (χ3v) is 3.18. The van der Waals surface area contributed by atoms with Gasteiger partial charge >= 0.3 is 6.18 Å². The van der Waals surface area contributed by atoms with Gasteiger partial charge in [0.25, 0.3) is 0 Å². The summed E-state index contributed by atoms with van der Waals surface area (Å²) in [4.78, 5) is 8.68. The second-order valence-corrected chi connectivity index (χ2v) is 4.70. The van der Waals surface area contributed by atoms with Gasteiger partial charge in [-0.05, 0) is 36.4 Å². The fourth-order valence-corrected chi connectivity index (χ4v) is 2.08. The molecule has 23 heavy (non-hydrogen) atoms. The molecule has 6 heteroatoms. The van der Waals surface area contributed by atoms with Crippen LogP contribution in [0.2, 0.25) is 0 Å². The van der Waals surface area contributed by atoms with Crippen LogP contribution in [0.15, 0.2) is 66.9 Å². The van der Waals surface area contributed by atoms with Gasteiger partial charge in [0, 0.05) is 32.8 Å². The molecule has 3 rings (SSSR count). The maximum absolute atomic E-state index is 12.6. The normalized spacial score (nSPS) is 10.9. The smallest absolute Gasteiger partial charge is 0.255 e. The largest absolute Gasteiger partial charge is 0.416 e. The second-order valence-electron chi connectivity index (χ2n) is 4.70. The Labute approximate surface area is 145 Å². The molecule has 0 saturated heterocycles. The number of nitrogens with zero attached hydrogens (tertiary/aromatic N) is 2. The first-order chi connectivity index (χ1) is 10.5. The van der Waals surface area contributed by atoms with Gasteiger partial charge in [0.15, 0.2) is 0 Å². The van der Waals surface area contributed by atoms with Crippen LogP contribution in [0.5, 0.6) is 0 Å². The summed E-state index contributed by atoms with van der Waals surface area (Å²) < 4.78 is 37.8. The number of hydrogen-bond acceptors (Lipinski definition) is 2. The zero-order valence-electron chi connectivity index (χ0n) is 11.7. The van der Waals surface area contributed by atoms with Crippen molar-refractivity contribution >= 4 is 0 Å². The molecule has 0 amide bonds. The van der Waals surface area contributed by atoms with E-state index in [2.05, 4.69) is 9.97 Å². The molecule has 0 unspecified atom stereocenters. The van der Waals surface area contributed by atoms with Gasteiger partial charge in [0.1, 0.15) is 0 Å². The Bertz CT molecular complexity index is 772. The number of benzene rings is 1. The summed E-state index contributed by atoms with van der Waals surface area (Å²) in [6.45, 7) is 0. The van der Waals surface area contributed by atoms with Crippen LogP contribution in [0.25, 0.3) is 22.6 Å². The molecule has 0 saturated carbocycles. The van der Waals surface area contributed by atoms with Gasteiger partial charge in [0.05, 0.1) is 22.6 Å². The van der Waals surface area contributed by atoms with Gasteiger partial charge in [-0.1, -0.05) is 24.3 Å². The molecule has 1 aromatic carbocycles. The summed E-state index contributed by atoms with van der Waals surface area (Å²) in [6.07, 6.45) is -2.66. The quantitative estimate of drug-likeness (QED) is 0.510. The van der Waals surface area contributed by atoms with Crippen LogP contribution in [0.1, 0.15) is 5.56 Å². The van der Waals surface area contributed by atoms with Crippen LogP contribution in [0.4, 0.5) is 13.2 Å². The fraction of sp³-hybridized carbons (Fsp3) is 0.0588. The molecular weight excluding hydrogens is 484 g/mol. The predicted octanol–water partition coefficient (Wildman–Crippen LogP) is 4.83. The van der Waals surface area contributed by atoms with Crippen molar-refractivity contribution in [2.45, 2.75) is 6.18 Å². The van der Waals surface area contributed by atoms with Crippen molar-refractivity contribution in [1.82, 2.24) is 9.97 Å². The van der Waals surface area contributed by atoms with E-state index in [1.165, 1.54) is 12.1 Å². The van der Waals surface area contributed by atoms with Gasteiger partial charge in [-0.2, -0.15) is 13.2 Å². The van der Waals surface area contributed by atoms with Crippen molar-refractivity contribution < 1.29 is 34.2 Å². The minimum absolute atomic E-state index is 0. The molecule has 0 fully saturated rings. The van der Waals surface area contributed by atoms with Crippen LogP contribution >= 0.6 is 0 Å². The Morgan fingerprint density at radius 1 is 0.696 bits per heavy atom. The molecule has 0 aliphatic carbocycles. The van der Waals surface area contributed by atoms with Crippen molar-refractivity contribution in [3.8, 4) is 22.6 Å². The molecule has 0 bridgehead atoms. The summed E-state index contributed by atoms with van der Waals surface area (Å²) in [5.74, 6) is 0. The average molecular weight is 495 g/mol. The number of aromatic nitrogens is 2. The van der Waals surface area contributed by atoms with Gasteiger partial charge < -0.3 is 0 Å². The topological polar surface area (TPSA) is 25.8 Å². The minimum Gasteiger partial charge on any atom is -0.255 e. The molecule has 2 nitrogen and oxygen atoms in total. The average Bonchev–Trinajstić information content (AvgIpc) is 2.55. The molecule has 0 aliphatic rings. The summed E-state index contributed by atoms with van der Waals surface area (Å²) in [7, 11) is 0. The standard InChI is InChI=1S/C17H11F3N2.Pt/c18-17(19,20)13-9-7-12(8-10-13)14-5-3-6-16(22-14)15-4-1-2-11-21-15;/h1-11H;. The number of pyridine rings is 2. The molecule has 0 aliphatic heterocycles. The summed E-state index contributed by atoms with van der Waals surface area (Å²) in [5.41, 5.74) is 1.97. The molecule has 0 spiro atoms. The monoisotopic (exact) mass is 495 g/mol. The Morgan fingerprint density at radius 3 is 1.96 bits per heavy atom. The zero-order valence-corrected chi connectivity index (χ0v) is 14.0. The van der Waals surface area contributed by atoms with Gasteiger partial charge in [0.2, 0.25) is 0 Å². The third kappa shape index (κ3) is 4.05. The van der Waals surface area contributed by atoms with E-state index in [4.69, 9.17) is 0 Å². The van der Waals surface area contributed by atoms with E-state index in [1.54, 1.807) is 12.3 Å². The zero-order chi connectivity index (χ0) is 15.6. The minimum atomic E-state index is -4.33. The van der Waals surface area contributed by atoms with Crippen LogP contribution in [0.3, 0.4) is 0 Å².